The summed E-state index contributed by atoms with van der Waals surface area (Å²) in [6, 6.07) is 11.3. The summed E-state index contributed by atoms with van der Waals surface area (Å²) in [5.41, 5.74) is 9.64. The highest BCUT2D eigenvalue weighted by molar-refractivity contribution is 6.05. The fraction of sp³-hybridized carbons (Fsp3) is 0.452. The number of fused-ring (bicyclic) bond motifs is 4. The number of carbonyl (C=O) groups is 4. The third kappa shape index (κ3) is 5.61. The van der Waals surface area contributed by atoms with Gasteiger partial charge in [-0.05, 0) is 47.1 Å². The summed E-state index contributed by atoms with van der Waals surface area (Å²) in [6.07, 6.45) is -0.192. The molecular formula is C31H37N7O5. The number of H-pyrrole nitrogens is 1. The Kier molecular flexibility index (Phi) is 7.23. The molecule has 4 N–H and O–H groups in total. The lowest BCUT2D eigenvalue weighted by atomic mass is 9.95. The summed E-state index contributed by atoms with van der Waals surface area (Å²) in [6.45, 7) is 8.11. The van der Waals surface area contributed by atoms with E-state index in [1.807, 2.05) is 56.0 Å². The number of piperidine rings is 1. The Hall–Kier alpha value is -4.61. The molecule has 1 unspecified atom stereocenters. The summed E-state index contributed by atoms with van der Waals surface area (Å²) < 4.78 is 5.93. The van der Waals surface area contributed by atoms with Gasteiger partial charge in [-0.2, -0.15) is 5.10 Å². The van der Waals surface area contributed by atoms with Crippen LogP contribution in [0.3, 0.4) is 0 Å². The standard InChI is InChI=1S/C31H37N7O5/c1-31(2,3)17-37-16-21-18(8-9-23-25(21)26(27(32)39)35-34-23)14-24(28(37)40)43-30(42)36-12-10-20(11-13-36)38-15-19-6-4-5-7-22(19)33-29(38)41/h4-9,20,24H,10-17H2,1-3H3,(H2,32,39)(H,33,41)(H,34,35). The molecule has 12 heteroatoms. The third-order valence-electron chi connectivity index (χ3n) is 8.44. The molecule has 226 valence electrons. The maximum absolute atomic E-state index is 13.9. The lowest BCUT2D eigenvalue weighted by molar-refractivity contribution is -0.142. The third-order valence-corrected chi connectivity index (χ3v) is 8.44. The van der Waals surface area contributed by atoms with Crippen molar-refractivity contribution in [2.45, 2.75) is 65.3 Å². The monoisotopic (exact) mass is 587 g/mol. The van der Waals surface area contributed by atoms with Crippen LogP contribution >= 0.6 is 0 Å². The van der Waals surface area contributed by atoms with Crippen molar-refractivity contribution in [3.63, 3.8) is 0 Å². The Balaban J connectivity index is 1.18. The van der Waals surface area contributed by atoms with Gasteiger partial charge >= 0.3 is 12.1 Å². The Morgan fingerprint density at radius 3 is 2.51 bits per heavy atom. The maximum atomic E-state index is 13.9. The topological polar surface area (TPSA) is 154 Å². The molecule has 4 heterocycles. The smallest absolute Gasteiger partial charge is 0.410 e. The van der Waals surface area contributed by atoms with Crippen molar-refractivity contribution in [1.82, 2.24) is 24.9 Å². The maximum Gasteiger partial charge on any atom is 0.410 e. The molecule has 6 rings (SSSR count). The summed E-state index contributed by atoms with van der Waals surface area (Å²) in [4.78, 5) is 57.4. The van der Waals surface area contributed by atoms with Crippen LogP contribution in [0.4, 0.5) is 15.3 Å². The van der Waals surface area contributed by atoms with Crippen LogP contribution < -0.4 is 11.1 Å². The van der Waals surface area contributed by atoms with Crippen LogP contribution in [0.15, 0.2) is 36.4 Å². The zero-order valence-electron chi connectivity index (χ0n) is 24.7. The van der Waals surface area contributed by atoms with E-state index in [2.05, 4.69) is 15.5 Å². The number of primary amides is 1. The molecule has 0 radical (unpaired) electrons. The molecule has 3 aromatic rings. The minimum absolute atomic E-state index is 0.0112. The van der Waals surface area contributed by atoms with Crippen molar-refractivity contribution in [2.24, 2.45) is 11.1 Å². The summed E-state index contributed by atoms with van der Waals surface area (Å²) >= 11 is 0. The molecule has 0 saturated carbocycles. The van der Waals surface area contributed by atoms with E-state index < -0.39 is 18.1 Å². The molecular weight excluding hydrogens is 550 g/mol. The molecule has 3 aliphatic rings. The van der Waals surface area contributed by atoms with Gasteiger partial charge in [-0.15, -0.1) is 0 Å². The normalized spacial score (nSPS) is 19.5. The van der Waals surface area contributed by atoms with E-state index in [0.717, 1.165) is 22.4 Å². The highest BCUT2D eigenvalue weighted by Gasteiger charge is 2.38. The van der Waals surface area contributed by atoms with Gasteiger partial charge in [0.05, 0.1) is 5.52 Å². The molecule has 0 aliphatic carbocycles. The van der Waals surface area contributed by atoms with Crippen LogP contribution in [-0.4, -0.2) is 80.6 Å². The van der Waals surface area contributed by atoms with Crippen molar-refractivity contribution in [3.8, 4) is 0 Å². The largest absolute Gasteiger partial charge is 0.436 e. The predicted octanol–water partition coefficient (Wildman–Crippen LogP) is 3.61. The van der Waals surface area contributed by atoms with Gasteiger partial charge in [0.1, 0.15) is 0 Å². The molecule has 1 atom stereocenters. The second-order valence-electron chi connectivity index (χ2n) is 12.8. The fourth-order valence-electron chi connectivity index (χ4n) is 6.41. The second-order valence-corrected chi connectivity index (χ2v) is 12.8. The predicted molar refractivity (Wildman–Crippen MR) is 159 cm³/mol. The van der Waals surface area contributed by atoms with Crippen LogP contribution in [0.2, 0.25) is 0 Å². The first-order valence-electron chi connectivity index (χ1n) is 14.7. The average molecular weight is 588 g/mol. The number of aromatic amines is 1. The number of anilines is 1. The van der Waals surface area contributed by atoms with Gasteiger partial charge in [-0.1, -0.05) is 45.0 Å². The molecule has 43 heavy (non-hydrogen) atoms. The van der Waals surface area contributed by atoms with Crippen LogP contribution in [0.5, 0.6) is 0 Å². The number of ether oxygens (including phenoxy) is 1. The number of nitrogens with zero attached hydrogens (tertiary/aromatic N) is 4. The quantitative estimate of drug-likeness (QED) is 0.424. The molecule has 0 spiro atoms. The molecule has 0 bridgehead atoms. The van der Waals surface area contributed by atoms with Gasteiger partial charge in [0.25, 0.3) is 11.8 Å². The number of benzene rings is 2. The molecule has 1 aromatic heterocycles. The Labute approximate surface area is 249 Å². The Bertz CT molecular complexity index is 1600. The van der Waals surface area contributed by atoms with E-state index in [0.29, 0.717) is 49.9 Å². The van der Waals surface area contributed by atoms with E-state index in [1.165, 1.54) is 0 Å². The first-order valence-corrected chi connectivity index (χ1v) is 14.7. The van der Waals surface area contributed by atoms with Crippen molar-refractivity contribution in [1.29, 1.82) is 0 Å². The summed E-state index contributed by atoms with van der Waals surface area (Å²) in [5, 5.41) is 10.5. The van der Waals surface area contributed by atoms with E-state index in [1.54, 1.807) is 15.9 Å². The summed E-state index contributed by atoms with van der Waals surface area (Å²) in [5.74, 6) is -0.939. The fourth-order valence-corrected chi connectivity index (χ4v) is 6.41. The minimum atomic E-state index is -1.03. The zero-order chi connectivity index (χ0) is 30.5. The minimum Gasteiger partial charge on any atom is -0.436 e. The average Bonchev–Trinajstić information content (AvgIpc) is 3.36. The number of aromatic nitrogens is 2. The molecule has 1 saturated heterocycles. The lowest BCUT2D eigenvalue weighted by Gasteiger charge is -2.40. The molecule has 3 aliphatic heterocycles. The van der Waals surface area contributed by atoms with E-state index in [9.17, 15) is 19.2 Å². The Morgan fingerprint density at radius 2 is 1.79 bits per heavy atom. The number of rotatable bonds is 4. The number of likely N-dealkylation sites (tertiary alicyclic amines) is 1. The highest BCUT2D eigenvalue weighted by atomic mass is 16.6. The lowest BCUT2D eigenvalue weighted by Crippen LogP contribution is -2.52. The first-order chi connectivity index (χ1) is 20.5. The zero-order valence-corrected chi connectivity index (χ0v) is 24.7. The van der Waals surface area contributed by atoms with E-state index >= 15 is 0 Å². The number of hydrogen-bond acceptors (Lipinski definition) is 6. The van der Waals surface area contributed by atoms with Gasteiger partial charge in [0, 0.05) is 56.3 Å². The van der Waals surface area contributed by atoms with Crippen molar-refractivity contribution in [2.75, 3.05) is 25.0 Å². The summed E-state index contributed by atoms with van der Waals surface area (Å²) in [7, 11) is 0. The first kappa shape index (κ1) is 28.5. The molecule has 1 fully saturated rings. The molecule has 12 nitrogen and oxygen atoms in total. The van der Waals surface area contributed by atoms with E-state index in [-0.39, 0.29) is 42.1 Å². The second kappa shape index (κ2) is 10.9. The highest BCUT2D eigenvalue weighted by Crippen LogP contribution is 2.32. The number of urea groups is 1. The van der Waals surface area contributed by atoms with Crippen LogP contribution in [-0.2, 0) is 29.0 Å². The van der Waals surface area contributed by atoms with Crippen molar-refractivity contribution in [3.05, 3.63) is 58.8 Å². The Morgan fingerprint density at radius 1 is 1.05 bits per heavy atom. The SMILES string of the molecule is CC(C)(C)CN1Cc2c(ccc3[nH]nc(C(N)=O)c23)CC(OC(=O)N2CCC(N3Cc4ccccc4NC3=O)CC2)C1=O. The molecule has 5 amide bonds. The van der Waals surface area contributed by atoms with Gasteiger partial charge in [-0.25, -0.2) is 9.59 Å². The number of nitrogens with one attached hydrogen (secondary N) is 2. The van der Waals surface area contributed by atoms with Gasteiger partial charge in [0.2, 0.25) is 0 Å². The van der Waals surface area contributed by atoms with Gasteiger partial charge in [-0.3, -0.25) is 14.7 Å². The number of carbonyl (C=O) groups excluding carboxylic acids is 4. The number of nitrogens with two attached hydrogens (primary N) is 1. The van der Waals surface area contributed by atoms with Crippen LogP contribution in [0, 0.1) is 5.41 Å². The van der Waals surface area contributed by atoms with Crippen molar-refractivity contribution >= 4 is 40.5 Å². The number of para-hydroxylation sites is 1. The van der Waals surface area contributed by atoms with E-state index in [4.69, 9.17) is 10.5 Å². The number of hydrogen-bond donors (Lipinski definition) is 3. The van der Waals surface area contributed by atoms with Crippen LogP contribution in [0.25, 0.3) is 10.9 Å². The van der Waals surface area contributed by atoms with Crippen LogP contribution in [0.1, 0.15) is 60.8 Å². The number of amides is 5. The molecule has 2 aromatic carbocycles. The van der Waals surface area contributed by atoms with Gasteiger partial charge in [0.15, 0.2) is 11.8 Å². The van der Waals surface area contributed by atoms with Gasteiger partial charge < -0.3 is 30.5 Å². The van der Waals surface area contributed by atoms with Crippen molar-refractivity contribution < 1.29 is 23.9 Å².